The fourth-order valence-electron chi connectivity index (χ4n) is 3.56. The molecule has 1 fully saturated rings. The normalized spacial score (nSPS) is 14.6. The summed E-state index contributed by atoms with van der Waals surface area (Å²) < 4.78 is 16.4. The molecule has 34 heavy (non-hydrogen) atoms. The van der Waals surface area contributed by atoms with E-state index in [9.17, 15) is 14.4 Å². The molecule has 0 N–H and O–H groups in total. The third kappa shape index (κ3) is 5.07. The van der Waals surface area contributed by atoms with E-state index in [4.69, 9.17) is 9.47 Å². The number of ether oxygens (including phenoxy) is 3. The Morgan fingerprint density at radius 1 is 1.00 bits per heavy atom. The van der Waals surface area contributed by atoms with Gasteiger partial charge in [0.1, 0.15) is 13.2 Å². The van der Waals surface area contributed by atoms with Crippen molar-refractivity contribution in [3.63, 3.8) is 0 Å². The van der Waals surface area contributed by atoms with Gasteiger partial charge in [-0.1, -0.05) is 48.5 Å². The maximum atomic E-state index is 12.6. The van der Waals surface area contributed by atoms with Gasteiger partial charge in [0.25, 0.3) is 11.1 Å². The third-order valence-electron chi connectivity index (χ3n) is 5.22. The van der Waals surface area contributed by atoms with E-state index < -0.39 is 23.7 Å². The summed E-state index contributed by atoms with van der Waals surface area (Å²) in [7, 11) is 1.20. The lowest BCUT2D eigenvalue weighted by Gasteiger charge is -2.14. The number of hydrogen-bond donors (Lipinski definition) is 0. The van der Waals surface area contributed by atoms with Crippen molar-refractivity contribution in [2.24, 2.45) is 0 Å². The Balaban J connectivity index is 1.54. The van der Waals surface area contributed by atoms with Crippen molar-refractivity contribution in [1.29, 1.82) is 0 Å². The first-order valence-electron chi connectivity index (χ1n) is 10.7. The van der Waals surface area contributed by atoms with Crippen LogP contribution < -0.4 is 9.47 Å². The van der Waals surface area contributed by atoms with Crippen molar-refractivity contribution in [3.8, 4) is 11.5 Å². The second-order valence-corrected chi connectivity index (χ2v) is 8.40. The highest BCUT2D eigenvalue weighted by Crippen LogP contribution is 2.35. The number of rotatable bonds is 8. The van der Waals surface area contributed by atoms with Gasteiger partial charge in [-0.3, -0.25) is 19.3 Å². The highest BCUT2D eigenvalue weighted by molar-refractivity contribution is 8.18. The number of imide groups is 1. The molecule has 1 aliphatic heterocycles. The van der Waals surface area contributed by atoms with Gasteiger partial charge >= 0.3 is 5.97 Å². The Labute approximate surface area is 201 Å². The fraction of sp³-hybridized carbons (Fsp3) is 0.192. The lowest BCUT2D eigenvalue weighted by Crippen LogP contribution is -2.34. The molecule has 0 radical (unpaired) electrons. The molecule has 0 aromatic heterocycles. The molecule has 0 bridgehead atoms. The first-order valence-corrected chi connectivity index (χ1v) is 11.5. The van der Waals surface area contributed by atoms with Crippen molar-refractivity contribution in [1.82, 2.24) is 4.90 Å². The molecular weight excluding hydrogens is 454 g/mol. The van der Waals surface area contributed by atoms with Crippen molar-refractivity contribution in [3.05, 3.63) is 76.7 Å². The molecule has 0 saturated carbocycles. The first-order chi connectivity index (χ1) is 16.5. The monoisotopic (exact) mass is 477 g/mol. The summed E-state index contributed by atoms with van der Waals surface area (Å²) in [4.78, 5) is 37.3. The SMILES string of the molecule is CCOc1cc(/C=C2/SC(=O)N(CC(=O)OC)C2=O)ccc1OCc1cccc2ccccc12. The van der Waals surface area contributed by atoms with Gasteiger partial charge in [-0.05, 0) is 58.8 Å². The van der Waals surface area contributed by atoms with Gasteiger partial charge in [0.2, 0.25) is 0 Å². The van der Waals surface area contributed by atoms with Crippen LogP contribution in [-0.4, -0.2) is 42.3 Å². The number of thioether (sulfide) groups is 1. The molecular formula is C26H23NO6S. The molecule has 1 heterocycles. The number of methoxy groups -OCH3 is 1. The maximum absolute atomic E-state index is 12.6. The van der Waals surface area contributed by atoms with Gasteiger partial charge in [-0.25, -0.2) is 0 Å². The number of amides is 2. The number of nitrogens with zero attached hydrogens (tertiary/aromatic N) is 1. The molecule has 0 atom stereocenters. The minimum absolute atomic E-state index is 0.223. The molecule has 0 unspecified atom stereocenters. The molecule has 1 aliphatic rings. The fourth-order valence-corrected chi connectivity index (χ4v) is 4.40. The quantitative estimate of drug-likeness (QED) is 0.333. The number of carbonyl (C=O) groups is 3. The molecule has 1 saturated heterocycles. The van der Waals surface area contributed by atoms with Gasteiger partial charge in [-0.15, -0.1) is 0 Å². The van der Waals surface area contributed by atoms with E-state index in [1.807, 2.05) is 31.2 Å². The van der Waals surface area contributed by atoms with Crippen LogP contribution in [0.4, 0.5) is 4.79 Å². The van der Waals surface area contributed by atoms with Crippen molar-refractivity contribution < 1.29 is 28.6 Å². The summed E-state index contributed by atoms with van der Waals surface area (Å²) in [6, 6.07) is 19.5. The van der Waals surface area contributed by atoms with Crippen LogP contribution in [0.15, 0.2) is 65.6 Å². The Kier molecular flexibility index (Phi) is 7.18. The number of esters is 1. The standard InChI is InChI=1S/C26H23NO6S/c1-3-32-22-13-17(14-23-25(29)27(26(30)34-23)15-24(28)31-2)11-12-21(22)33-16-19-9-6-8-18-7-4-5-10-20(18)19/h4-14H,3,15-16H2,1-2H3/b23-14+. The molecule has 2 amide bonds. The second-order valence-electron chi connectivity index (χ2n) is 7.41. The number of benzene rings is 3. The molecule has 4 rings (SSSR count). The zero-order chi connectivity index (χ0) is 24.1. The zero-order valence-corrected chi connectivity index (χ0v) is 19.6. The van der Waals surface area contributed by atoms with Gasteiger partial charge in [0.15, 0.2) is 11.5 Å². The average Bonchev–Trinajstić information content (AvgIpc) is 3.10. The lowest BCUT2D eigenvalue weighted by molar-refractivity contribution is -0.143. The van der Waals surface area contributed by atoms with Crippen LogP contribution in [0.25, 0.3) is 16.8 Å². The highest BCUT2D eigenvalue weighted by atomic mass is 32.2. The topological polar surface area (TPSA) is 82.1 Å². The van der Waals surface area contributed by atoms with Gasteiger partial charge < -0.3 is 14.2 Å². The van der Waals surface area contributed by atoms with Gasteiger partial charge in [0, 0.05) is 0 Å². The smallest absolute Gasteiger partial charge is 0.325 e. The van der Waals surface area contributed by atoms with Crippen molar-refractivity contribution in [2.75, 3.05) is 20.3 Å². The maximum Gasteiger partial charge on any atom is 0.325 e. The third-order valence-corrected chi connectivity index (χ3v) is 6.12. The van der Waals surface area contributed by atoms with Crippen LogP contribution in [0.3, 0.4) is 0 Å². The highest BCUT2D eigenvalue weighted by Gasteiger charge is 2.36. The largest absolute Gasteiger partial charge is 0.490 e. The van der Waals surface area contributed by atoms with Gasteiger partial charge in [0.05, 0.1) is 18.6 Å². The number of carbonyl (C=O) groups excluding carboxylic acids is 3. The Hall–Kier alpha value is -3.78. The van der Waals surface area contributed by atoms with E-state index in [1.165, 1.54) is 7.11 Å². The Morgan fingerprint density at radius 3 is 2.59 bits per heavy atom. The lowest BCUT2D eigenvalue weighted by atomic mass is 10.1. The van der Waals surface area contributed by atoms with Crippen molar-refractivity contribution >= 4 is 45.7 Å². The Bertz CT molecular complexity index is 1280. The molecule has 0 spiro atoms. The van der Waals surface area contributed by atoms with Crippen LogP contribution >= 0.6 is 11.8 Å². The zero-order valence-electron chi connectivity index (χ0n) is 18.8. The minimum Gasteiger partial charge on any atom is -0.490 e. The molecule has 174 valence electrons. The van der Waals surface area contributed by atoms with Crippen molar-refractivity contribution in [2.45, 2.75) is 13.5 Å². The van der Waals surface area contributed by atoms with Crippen LogP contribution in [0, 0.1) is 0 Å². The van der Waals surface area contributed by atoms with Gasteiger partial charge in [-0.2, -0.15) is 0 Å². The second kappa shape index (κ2) is 10.4. The van der Waals surface area contributed by atoms with Crippen LogP contribution in [0.2, 0.25) is 0 Å². The van der Waals surface area contributed by atoms with E-state index in [2.05, 4.69) is 22.9 Å². The summed E-state index contributed by atoms with van der Waals surface area (Å²) in [5.41, 5.74) is 1.73. The molecule has 0 aliphatic carbocycles. The minimum atomic E-state index is -0.658. The predicted octanol–water partition coefficient (Wildman–Crippen LogP) is 5.03. The molecule has 7 nitrogen and oxygen atoms in total. The summed E-state index contributed by atoms with van der Waals surface area (Å²) in [6.07, 6.45) is 1.60. The Morgan fingerprint density at radius 2 is 1.79 bits per heavy atom. The molecule has 3 aromatic carbocycles. The van der Waals surface area contributed by atoms with E-state index >= 15 is 0 Å². The number of hydrogen-bond acceptors (Lipinski definition) is 7. The van der Waals surface area contributed by atoms with Crippen LogP contribution in [-0.2, 0) is 20.9 Å². The van der Waals surface area contributed by atoms with E-state index in [-0.39, 0.29) is 4.91 Å². The van der Waals surface area contributed by atoms with E-state index in [0.717, 1.165) is 33.0 Å². The van der Waals surface area contributed by atoms with Crippen LogP contribution in [0.5, 0.6) is 11.5 Å². The van der Waals surface area contributed by atoms with Crippen LogP contribution in [0.1, 0.15) is 18.1 Å². The predicted molar refractivity (Wildman–Crippen MR) is 131 cm³/mol. The first kappa shape index (κ1) is 23.4. The summed E-state index contributed by atoms with van der Waals surface area (Å²) >= 11 is 0.780. The average molecular weight is 478 g/mol. The molecule has 3 aromatic rings. The van der Waals surface area contributed by atoms with E-state index in [0.29, 0.717) is 30.3 Å². The summed E-state index contributed by atoms with van der Waals surface area (Å²) in [5, 5.41) is 1.76. The summed E-state index contributed by atoms with van der Waals surface area (Å²) in [5.74, 6) is -0.0828. The van der Waals surface area contributed by atoms with E-state index in [1.54, 1.807) is 24.3 Å². The summed E-state index contributed by atoms with van der Waals surface area (Å²) in [6.45, 7) is 2.26. The molecule has 8 heteroatoms. The number of fused-ring (bicyclic) bond motifs is 1.